The van der Waals surface area contributed by atoms with Crippen molar-refractivity contribution in [1.82, 2.24) is 25.5 Å². The van der Waals surface area contributed by atoms with Crippen molar-refractivity contribution in [3.63, 3.8) is 0 Å². The first kappa shape index (κ1) is 14.5. The second-order valence-corrected chi connectivity index (χ2v) is 4.63. The van der Waals surface area contributed by atoms with Crippen LogP contribution in [0.5, 0.6) is 5.75 Å². The summed E-state index contributed by atoms with van der Waals surface area (Å²) in [5, 5.41) is 14.8. The molecule has 0 saturated carbocycles. The summed E-state index contributed by atoms with van der Waals surface area (Å²) in [5.74, 6) is 1.59. The fourth-order valence-electron chi connectivity index (χ4n) is 1.86. The minimum Gasteiger partial charge on any atom is -0.486 e. The Labute approximate surface area is 119 Å². The molecule has 0 bridgehead atoms. The third-order valence-electron chi connectivity index (χ3n) is 3.00. The zero-order valence-corrected chi connectivity index (χ0v) is 12.0. The number of aryl methyl sites for hydroxylation is 1. The van der Waals surface area contributed by atoms with Gasteiger partial charge in [0.25, 0.3) is 0 Å². The Morgan fingerprint density at radius 1 is 1.25 bits per heavy atom. The maximum Gasteiger partial charge on any atom is 0.189 e. The second-order valence-electron chi connectivity index (χ2n) is 4.63. The van der Waals surface area contributed by atoms with E-state index in [1.807, 2.05) is 31.3 Å². The molecule has 0 aliphatic heterocycles. The maximum atomic E-state index is 5.72. The van der Waals surface area contributed by atoms with E-state index in [2.05, 4.69) is 27.8 Å². The van der Waals surface area contributed by atoms with Gasteiger partial charge in [-0.1, -0.05) is 25.5 Å². The number of ether oxygens (including phenoxy) is 1. The van der Waals surface area contributed by atoms with Crippen molar-refractivity contribution in [3.8, 4) is 5.75 Å². The van der Waals surface area contributed by atoms with Crippen LogP contribution in [0, 0.1) is 0 Å². The molecule has 0 fully saturated rings. The maximum absolute atomic E-state index is 5.72. The molecule has 1 N–H and O–H groups in total. The summed E-state index contributed by atoms with van der Waals surface area (Å²) < 4.78 is 7.52. The van der Waals surface area contributed by atoms with Crippen LogP contribution in [-0.4, -0.2) is 27.3 Å². The zero-order valence-electron chi connectivity index (χ0n) is 12.0. The van der Waals surface area contributed by atoms with E-state index in [-0.39, 0.29) is 0 Å². The van der Waals surface area contributed by atoms with Crippen molar-refractivity contribution < 1.29 is 4.74 Å². The Hall–Kier alpha value is -1.95. The van der Waals surface area contributed by atoms with Crippen LogP contribution in [0.3, 0.4) is 0 Å². The van der Waals surface area contributed by atoms with Gasteiger partial charge >= 0.3 is 0 Å². The molecule has 108 valence electrons. The molecule has 1 aromatic carbocycles. The van der Waals surface area contributed by atoms with Crippen LogP contribution < -0.4 is 10.1 Å². The highest BCUT2D eigenvalue weighted by Crippen LogP contribution is 2.13. The van der Waals surface area contributed by atoms with Crippen molar-refractivity contribution in [2.45, 2.75) is 39.5 Å². The highest BCUT2D eigenvalue weighted by Gasteiger charge is 2.06. The van der Waals surface area contributed by atoms with E-state index in [0.717, 1.165) is 37.5 Å². The monoisotopic (exact) mass is 275 g/mol. The number of hydrogen-bond acceptors (Lipinski definition) is 5. The zero-order chi connectivity index (χ0) is 14.2. The second kappa shape index (κ2) is 7.59. The fraction of sp³-hybridized carbons (Fsp3) is 0.500. The lowest BCUT2D eigenvalue weighted by Crippen LogP contribution is -2.09. The molecular formula is C14H21N5O. The molecule has 0 unspecified atom stereocenters. The molecule has 0 radical (unpaired) electrons. The van der Waals surface area contributed by atoms with Crippen molar-refractivity contribution in [1.29, 1.82) is 0 Å². The molecule has 2 rings (SSSR count). The van der Waals surface area contributed by atoms with Gasteiger partial charge in [-0.15, -0.1) is 5.10 Å². The number of hydrogen-bond donors (Lipinski definition) is 1. The van der Waals surface area contributed by atoms with Crippen LogP contribution in [0.2, 0.25) is 0 Å². The third kappa shape index (κ3) is 4.03. The van der Waals surface area contributed by atoms with Crippen LogP contribution in [0.15, 0.2) is 24.3 Å². The van der Waals surface area contributed by atoms with Gasteiger partial charge in [-0.05, 0) is 41.6 Å². The van der Waals surface area contributed by atoms with Gasteiger partial charge in [0, 0.05) is 13.1 Å². The summed E-state index contributed by atoms with van der Waals surface area (Å²) in [7, 11) is 1.93. The SMILES string of the molecule is CCCCn1nnnc1COc1ccc(CNC)cc1. The highest BCUT2D eigenvalue weighted by molar-refractivity contribution is 5.27. The third-order valence-corrected chi connectivity index (χ3v) is 3.00. The Bertz CT molecular complexity index is 509. The number of nitrogens with zero attached hydrogens (tertiary/aromatic N) is 4. The number of unbranched alkanes of at least 4 members (excludes halogenated alkanes) is 1. The van der Waals surface area contributed by atoms with Gasteiger partial charge in [0.05, 0.1) is 0 Å². The van der Waals surface area contributed by atoms with Crippen molar-refractivity contribution in [2.75, 3.05) is 7.05 Å². The molecule has 6 nitrogen and oxygen atoms in total. The summed E-state index contributed by atoms with van der Waals surface area (Å²) in [4.78, 5) is 0. The van der Waals surface area contributed by atoms with E-state index in [0.29, 0.717) is 6.61 Å². The number of aromatic nitrogens is 4. The van der Waals surface area contributed by atoms with E-state index in [4.69, 9.17) is 4.74 Å². The van der Waals surface area contributed by atoms with Crippen molar-refractivity contribution in [2.24, 2.45) is 0 Å². The molecule has 2 aromatic rings. The van der Waals surface area contributed by atoms with E-state index >= 15 is 0 Å². The predicted octanol–water partition coefficient (Wildman–Crippen LogP) is 1.77. The van der Waals surface area contributed by atoms with Crippen LogP contribution in [0.25, 0.3) is 0 Å². The van der Waals surface area contributed by atoms with Crippen LogP contribution >= 0.6 is 0 Å². The van der Waals surface area contributed by atoms with Crippen LogP contribution in [0.1, 0.15) is 31.2 Å². The molecule has 0 amide bonds. The fourth-order valence-corrected chi connectivity index (χ4v) is 1.86. The van der Waals surface area contributed by atoms with E-state index in [9.17, 15) is 0 Å². The molecule has 1 heterocycles. The number of nitrogens with one attached hydrogen (secondary N) is 1. The molecular weight excluding hydrogens is 254 g/mol. The lowest BCUT2D eigenvalue weighted by molar-refractivity contribution is 0.285. The van der Waals surface area contributed by atoms with Crippen LogP contribution in [0.4, 0.5) is 0 Å². The normalized spacial score (nSPS) is 10.7. The first-order chi connectivity index (χ1) is 9.83. The first-order valence-electron chi connectivity index (χ1n) is 6.95. The topological polar surface area (TPSA) is 64.9 Å². The number of rotatable bonds is 8. The predicted molar refractivity (Wildman–Crippen MR) is 76.3 cm³/mol. The Kier molecular flexibility index (Phi) is 5.49. The summed E-state index contributed by atoms with van der Waals surface area (Å²) in [6.45, 7) is 4.23. The lowest BCUT2D eigenvalue weighted by atomic mass is 10.2. The Morgan fingerprint density at radius 2 is 2.05 bits per heavy atom. The minimum atomic E-state index is 0.391. The van der Waals surface area contributed by atoms with E-state index in [1.165, 1.54) is 5.56 Å². The summed E-state index contributed by atoms with van der Waals surface area (Å²) in [6.07, 6.45) is 2.18. The highest BCUT2D eigenvalue weighted by atomic mass is 16.5. The van der Waals surface area contributed by atoms with Crippen LogP contribution in [-0.2, 0) is 19.7 Å². The molecule has 20 heavy (non-hydrogen) atoms. The van der Waals surface area contributed by atoms with Crippen molar-refractivity contribution in [3.05, 3.63) is 35.7 Å². The number of benzene rings is 1. The smallest absolute Gasteiger partial charge is 0.189 e. The largest absolute Gasteiger partial charge is 0.486 e. The molecule has 0 aliphatic rings. The van der Waals surface area contributed by atoms with Gasteiger partial charge in [-0.25, -0.2) is 4.68 Å². The molecule has 0 saturated heterocycles. The van der Waals surface area contributed by atoms with Gasteiger partial charge < -0.3 is 10.1 Å². The summed E-state index contributed by atoms with van der Waals surface area (Å²) >= 11 is 0. The van der Waals surface area contributed by atoms with E-state index < -0.39 is 0 Å². The minimum absolute atomic E-state index is 0.391. The van der Waals surface area contributed by atoms with E-state index in [1.54, 1.807) is 4.68 Å². The van der Waals surface area contributed by atoms with Gasteiger partial charge in [-0.2, -0.15) is 0 Å². The molecule has 6 heteroatoms. The van der Waals surface area contributed by atoms with Gasteiger partial charge in [0.1, 0.15) is 12.4 Å². The lowest BCUT2D eigenvalue weighted by Gasteiger charge is -2.07. The van der Waals surface area contributed by atoms with Crippen molar-refractivity contribution >= 4 is 0 Å². The average molecular weight is 275 g/mol. The molecule has 0 atom stereocenters. The Morgan fingerprint density at radius 3 is 2.75 bits per heavy atom. The standard InChI is InChI=1S/C14H21N5O/c1-3-4-9-19-14(16-17-18-19)11-20-13-7-5-12(6-8-13)10-15-2/h5-8,15H,3-4,9-11H2,1-2H3. The van der Waals surface area contributed by atoms with Gasteiger partial charge in [0.15, 0.2) is 5.82 Å². The number of tetrazole rings is 1. The van der Waals surface area contributed by atoms with Gasteiger partial charge in [0.2, 0.25) is 0 Å². The van der Waals surface area contributed by atoms with Gasteiger partial charge in [-0.3, -0.25) is 0 Å². The molecule has 0 spiro atoms. The Balaban J connectivity index is 1.89. The first-order valence-corrected chi connectivity index (χ1v) is 6.95. The molecule has 0 aliphatic carbocycles. The average Bonchev–Trinajstić information content (AvgIpc) is 2.92. The quantitative estimate of drug-likeness (QED) is 0.795. The molecule has 1 aromatic heterocycles. The summed E-state index contributed by atoms with van der Waals surface area (Å²) in [5.41, 5.74) is 1.23. The summed E-state index contributed by atoms with van der Waals surface area (Å²) in [6, 6.07) is 8.03.